The van der Waals surface area contributed by atoms with Gasteiger partial charge >= 0.3 is 5.97 Å². The fraction of sp³-hybridized carbons (Fsp3) is 0.533. The highest BCUT2D eigenvalue weighted by Crippen LogP contribution is 2.28. The molecule has 1 aliphatic heterocycles. The van der Waals surface area contributed by atoms with E-state index in [0.29, 0.717) is 10.9 Å². The van der Waals surface area contributed by atoms with Gasteiger partial charge in [-0.15, -0.1) is 0 Å². The van der Waals surface area contributed by atoms with E-state index in [0.717, 1.165) is 0 Å². The average Bonchev–Trinajstić information content (AvgIpc) is 2.56. The number of hydrogen-bond donors (Lipinski definition) is 1. The number of methoxy groups -OCH3 is 2. The van der Waals surface area contributed by atoms with Crippen LogP contribution in [-0.4, -0.2) is 61.3 Å². The van der Waals surface area contributed by atoms with Crippen LogP contribution in [0.1, 0.15) is 10.4 Å². The predicted octanol–water partition coefficient (Wildman–Crippen LogP) is 1.35. The van der Waals surface area contributed by atoms with Crippen LogP contribution in [0.5, 0.6) is 0 Å². The number of esters is 1. The van der Waals surface area contributed by atoms with E-state index in [1.807, 2.05) is 6.07 Å². The molecule has 0 aliphatic carbocycles. The van der Waals surface area contributed by atoms with Crippen molar-refractivity contribution in [1.29, 1.82) is 0 Å². The fourth-order valence-corrected chi connectivity index (χ4v) is 2.97. The van der Waals surface area contributed by atoms with Crippen LogP contribution in [0.15, 0.2) is 30.3 Å². The Morgan fingerprint density at radius 3 is 2.36 bits per heavy atom. The van der Waals surface area contributed by atoms with Gasteiger partial charge in [-0.3, -0.25) is 0 Å². The summed E-state index contributed by atoms with van der Waals surface area (Å²) >= 11 is 3.30. The summed E-state index contributed by atoms with van der Waals surface area (Å²) in [5.74, 6) is -0.478. The number of rotatable bonds is 5. The minimum atomic E-state index is -1.15. The smallest absolute Gasteiger partial charge is 0.338 e. The van der Waals surface area contributed by atoms with Crippen LogP contribution in [0.2, 0.25) is 0 Å². The number of benzene rings is 1. The van der Waals surface area contributed by atoms with Crippen molar-refractivity contribution in [2.24, 2.45) is 0 Å². The van der Waals surface area contributed by atoms with Crippen molar-refractivity contribution in [2.45, 2.75) is 30.7 Å². The second-order valence-electron chi connectivity index (χ2n) is 4.86. The summed E-state index contributed by atoms with van der Waals surface area (Å²) in [5, 5.41) is 10.3. The third-order valence-corrected chi connectivity index (χ3v) is 4.20. The van der Waals surface area contributed by atoms with E-state index in [2.05, 4.69) is 15.9 Å². The van der Waals surface area contributed by atoms with E-state index < -0.39 is 36.7 Å². The van der Waals surface area contributed by atoms with Crippen LogP contribution in [0.3, 0.4) is 0 Å². The number of aliphatic hydroxyl groups excluding tert-OH is 1. The minimum Gasteiger partial charge on any atom is -0.453 e. The summed E-state index contributed by atoms with van der Waals surface area (Å²) in [4.78, 5) is 12.3. The summed E-state index contributed by atoms with van der Waals surface area (Å²) in [6.45, 7) is 0. The van der Waals surface area contributed by atoms with Crippen molar-refractivity contribution in [1.82, 2.24) is 0 Å². The predicted molar refractivity (Wildman–Crippen MR) is 81.9 cm³/mol. The molecule has 7 heteroatoms. The lowest BCUT2D eigenvalue weighted by Crippen LogP contribution is -2.60. The molecule has 1 aromatic rings. The Morgan fingerprint density at radius 1 is 1.18 bits per heavy atom. The van der Waals surface area contributed by atoms with Crippen molar-refractivity contribution in [3.63, 3.8) is 0 Å². The maximum Gasteiger partial charge on any atom is 0.338 e. The maximum absolute atomic E-state index is 12.3. The second kappa shape index (κ2) is 8.03. The lowest BCUT2D eigenvalue weighted by molar-refractivity contribution is -0.285. The van der Waals surface area contributed by atoms with Gasteiger partial charge in [0, 0.05) is 19.5 Å². The number of carbonyl (C=O) groups excluding carboxylic acids is 1. The largest absolute Gasteiger partial charge is 0.453 e. The van der Waals surface area contributed by atoms with Crippen molar-refractivity contribution in [2.75, 3.05) is 19.5 Å². The topological polar surface area (TPSA) is 74.2 Å². The second-order valence-corrected chi connectivity index (χ2v) is 5.50. The zero-order valence-electron chi connectivity index (χ0n) is 12.3. The van der Waals surface area contributed by atoms with Crippen LogP contribution in [0.4, 0.5) is 0 Å². The molecule has 0 saturated carbocycles. The monoisotopic (exact) mass is 374 g/mol. The molecule has 1 N–H and O–H groups in total. The van der Waals surface area contributed by atoms with Gasteiger partial charge in [0.15, 0.2) is 12.4 Å². The molecule has 0 radical (unpaired) electrons. The molecule has 0 amide bonds. The van der Waals surface area contributed by atoms with Gasteiger partial charge in [0.1, 0.15) is 18.3 Å². The van der Waals surface area contributed by atoms with E-state index in [1.54, 1.807) is 24.3 Å². The average molecular weight is 375 g/mol. The van der Waals surface area contributed by atoms with E-state index in [4.69, 9.17) is 18.9 Å². The molecule has 0 unspecified atom stereocenters. The van der Waals surface area contributed by atoms with Crippen LogP contribution in [-0.2, 0) is 18.9 Å². The summed E-state index contributed by atoms with van der Waals surface area (Å²) in [6.07, 6.45) is -3.77. The molecule has 1 heterocycles. The SMILES string of the molecule is CO[C@H]1[C@H](OC)[C@@H](O)O[C@H](CBr)[C@H]1OC(=O)c1ccccc1. The molecule has 122 valence electrons. The Morgan fingerprint density at radius 2 is 1.82 bits per heavy atom. The molecule has 22 heavy (non-hydrogen) atoms. The number of carbonyl (C=O) groups is 1. The van der Waals surface area contributed by atoms with Crippen LogP contribution in [0.25, 0.3) is 0 Å². The lowest BCUT2D eigenvalue weighted by Gasteiger charge is -2.42. The van der Waals surface area contributed by atoms with Gasteiger partial charge in [0.05, 0.1) is 5.56 Å². The maximum atomic E-state index is 12.3. The molecule has 1 aromatic carbocycles. The molecular weight excluding hydrogens is 356 g/mol. The number of aliphatic hydroxyl groups is 1. The highest BCUT2D eigenvalue weighted by atomic mass is 79.9. The first kappa shape index (κ1) is 17.4. The molecule has 1 fully saturated rings. The minimum absolute atomic E-state index is 0.382. The van der Waals surface area contributed by atoms with Crippen LogP contribution >= 0.6 is 15.9 Å². The van der Waals surface area contributed by atoms with E-state index in [-0.39, 0.29) is 0 Å². The first-order valence-corrected chi connectivity index (χ1v) is 7.95. The van der Waals surface area contributed by atoms with Crippen molar-refractivity contribution >= 4 is 21.9 Å². The number of halogens is 1. The first-order valence-electron chi connectivity index (χ1n) is 6.83. The molecule has 0 aromatic heterocycles. The third kappa shape index (κ3) is 3.67. The first-order chi connectivity index (χ1) is 10.6. The van der Waals surface area contributed by atoms with E-state index >= 15 is 0 Å². The summed E-state index contributed by atoms with van der Waals surface area (Å²) in [5.41, 5.74) is 0.436. The summed E-state index contributed by atoms with van der Waals surface area (Å²) in [6, 6.07) is 8.66. The van der Waals surface area contributed by atoms with Crippen molar-refractivity contribution in [3.05, 3.63) is 35.9 Å². The van der Waals surface area contributed by atoms with Crippen molar-refractivity contribution < 1.29 is 28.8 Å². The molecule has 0 spiro atoms. The van der Waals surface area contributed by atoms with Crippen molar-refractivity contribution in [3.8, 4) is 0 Å². The van der Waals surface area contributed by atoms with Gasteiger partial charge in [-0.05, 0) is 12.1 Å². The van der Waals surface area contributed by atoms with Gasteiger partial charge in [0.25, 0.3) is 0 Å². The highest BCUT2D eigenvalue weighted by molar-refractivity contribution is 9.09. The van der Waals surface area contributed by atoms with Gasteiger partial charge < -0.3 is 24.1 Å². The van der Waals surface area contributed by atoms with E-state index in [1.165, 1.54) is 14.2 Å². The van der Waals surface area contributed by atoms with E-state index in [9.17, 15) is 9.90 Å². The molecule has 2 rings (SSSR count). The molecule has 0 bridgehead atoms. The summed E-state index contributed by atoms with van der Waals surface area (Å²) < 4.78 is 21.6. The van der Waals surface area contributed by atoms with Crippen LogP contribution in [0, 0.1) is 0 Å². The standard InChI is InChI=1S/C15H19BrO6/c1-19-12-11(10(8-16)21-15(18)13(12)20-2)22-14(17)9-6-4-3-5-7-9/h3-7,10-13,15,18H,8H2,1-2H3/t10-,11-,12-,13+,15+/m1/s1. The number of alkyl halides is 1. The molecule has 5 atom stereocenters. The Hall–Kier alpha value is -0.990. The van der Waals surface area contributed by atoms with Gasteiger partial charge in [-0.2, -0.15) is 0 Å². The lowest BCUT2D eigenvalue weighted by atomic mass is 9.99. The Labute approximate surface area is 137 Å². The number of hydrogen-bond acceptors (Lipinski definition) is 6. The van der Waals surface area contributed by atoms with Crippen LogP contribution < -0.4 is 0 Å². The quantitative estimate of drug-likeness (QED) is 0.619. The number of ether oxygens (including phenoxy) is 4. The molecule has 1 saturated heterocycles. The Balaban J connectivity index is 2.19. The van der Waals surface area contributed by atoms with Gasteiger partial charge in [0.2, 0.25) is 0 Å². The zero-order chi connectivity index (χ0) is 16.1. The molecule has 1 aliphatic rings. The molecular formula is C15H19BrO6. The molecule has 6 nitrogen and oxygen atoms in total. The fourth-order valence-electron chi connectivity index (χ4n) is 2.45. The zero-order valence-corrected chi connectivity index (χ0v) is 13.9. The van der Waals surface area contributed by atoms with Gasteiger partial charge in [-0.1, -0.05) is 34.1 Å². The Kier molecular flexibility index (Phi) is 6.34. The third-order valence-electron chi connectivity index (χ3n) is 3.56. The van der Waals surface area contributed by atoms with Gasteiger partial charge in [-0.25, -0.2) is 4.79 Å². The highest BCUT2D eigenvalue weighted by Gasteiger charge is 2.47. The normalized spacial score (nSPS) is 31.7. The Bertz CT molecular complexity index is 482. The summed E-state index contributed by atoms with van der Waals surface area (Å²) in [7, 11) is 2.91.